The Balaban J connectivity index is 1.66. The lowest BCUT2D eigenvalue weighted by atomic mass is 9.97. The highest BCUT2D eigenvalue weighted by molar-refractivity contribution is 5.95. The van der Waals surface area contributed by atoms with Gasteiger partial charge in [0.15, 0.2) is 5.69 Å². The lowest BCUT2D eigenvalue weighted by Crippen LogP contribution is -2.42. The van der Waals surface area contributed by atoms with Crippen molar-refractivity contribution in [2.75, 3.05) is 56.2 Å². The molecule has 1 aliphatic rings. The number of likely N-dealkylation sites (tertiary alicyclic amines) is 1. The van der Waals surface area contributed by atoms with Crippen molar-refractivity contribution in [2.24, 2.45) is 5.92 Å². The molecule has 2 amide bonds. The highest BCUT2D eigenvalue weighted by Gasteiger charge is 2.27. The van der Waals surface area contributed by atoms with Crippen LogP contribution in [0.15, 0.2) is 24.7 Å². The molecule has 198 valence electrons. The molecule has 0 radical (unpaired) electrons. The number of amides is 2. The maximum atomic E-state index is 12.4. The van der Waals surface area contributed by atoms with E-state index in [1.165, 1.54) is 12.4 Å². The Morgan fingerprint density at radius 3 is 2.41 bits per heavy atom. The van der Waals surface area contributed by atoms with Crippen molar-refractivity contribution in [2.45, 2.75) is 39.2 Å². The second-order valence-electron chi connectivity index (χ2n) is 10.2. The number of carbonyl (C=O) groups is 2. The van der Waals surface area contributed by atoms with E-state index < -0.39 is 5.60 Å². The fourth-order valence-electron chi connectivity index (χ4n) is 3.73. The summed E-state index contributed by atoms with van der Waals surface area (Å²) in [5.74, 6) is 1.14. The van der Waals surface area contributed by atoms with Gasteiger partial charge in [0.25, 0.3) is 0 Å². The van der Waals surface area contributed by atoms with Crippen molar-refractivity contribution in [3.8, 4) is 6.07 Å². The van der Waals surface area contributed by atoms with Crippen LogP contribution in [-0.2, 0) is 9.53 Å². The van der Waals surface area contributed by atoms with Gasteiger partial charge in [-0.1, -0.05) is 0 Å². The molecule has 3 rings (SSSR count). The average Bonchev–Trinajstić information content (AvgIpc) is 2.83. The molecule has 1 saturated heterocycles. The van der Waals surface area contributed by atoms with Crippen molar-refractivity contribution in [3.05, 3.63) is 30.4 Å². The lowest BCUT2D eigenvalue weighted by molar-refractivity contribution is -0.116. The van der Waals surface area contributed by atoms with Gasteiger partial charge in [-0.3, -0.25) is 4.79 Å². The maximum Gasteiger partial charge on any atom is 0.410 e. The summed E-state index contributed by atoms with van der Waals surface area (Å²) in [6.07, 6.45) is 5.82. The first-order valence-electron chi connectivity index (χ1n) is 12.2. The van der Waals surface area contributed by atoms with E-state index in [0.29, 0.717) is 48.6 Å². The van der Waals surface area contributed by atoms with Gasteiger partial charge in [0.05, 0.1) is 36.5 Å². The first-order valence-corrected chi connectivity index (χ1v) is 12.2. The van der Waals surface area contributed by atoms with Crippen LogP contribution in [0.3, 0.4) is 0 Å². The van der Waals surface area contributed by atoms with E-state index in [1.807, 2.05) is 40.9 Å². The van der Waals surface area contributed by atoms with E-state index in [-0.39, 0.29) is 24.2 Å². The summed E-state index contributed by atoms with van der Waals surface area (Å²) in [5.41, 5.74) is 0.979. The Morgan fingerprint density at radius 2 is 1.81 bits per heavy atom. The number of anilines is 4. The molecule has 0 bridgehead atoms. The minimum Gasteiger partial charge on any atom is -0.444 e. The molecule has 0 atom stereocenters. The highest BCUT2D eigenvalue weighted by Crippen LogP contribution is 2.27. The molecule has 0 unspecified atom stereocenters. The number of aromatic nitrogens is 3. The topological polar surface area (TPSA) is 148 Å². The first-order chi connectivity index (χ1) is 17.5. The molecule has 1 aliphatic heterocycles. The van der Waals surface area contributed by atoms with Crippen molar-refractivity contribution >= 4 is 35.0 Å². The van der Waals surface area contributed by atoms with Crippen LogP contribution in [-0.4, -0.2) is 82.6 Å². The molecule has 2 aromatic rings. The number of nitriles is 1. The molecule has 2 aromatic heterocycles. The van der Waals surface area contributed by atoms with Crippen molar-refractivity contribution < 1.29 is 14.3 Å². The van der Waals surface area contributed by atoms with Gasteiger partial charge in [0.2, 0.25) is 5.91 Å². The maximum absolute atomic E-state index is 12.4. The third-order valence-corrected chi connectivity index (χ3v) is 5.51. The average molecular weight is 510 g/mol. The molecule has 0 saturated carbocycles. The molecule has 3 N–H and O–H groups in total. The molecule has 0 aliphatic carbocycles. The molecule has 0 aromatic carbocycles. The third kappa shape index (κ3) is 8.88. The number of pyridine rings is 1. The summed E-state index contributed by atoms with van der Waals surface area (Å²) < 4.78 is 5.49. The zero-order valence-electron chi connectivity index (χ0n) is 22.0. The van der Waals surface area contributed by atoms with Gasteiger partial charge in [-0.05, 0) is 53.6 Å². The summed E-state index contributed by atoms with van der Waals surface area (Å²) in [5, 5.41) is 18.3. The van der Waals surface area contributed by atoms with Gasteiger partial charge in [-0.2, -0.15) is 5.26 Å². The number of rotatable bonds is 8. The summed E-state index contributed by atoms with van der Waals surface area (Å²) in [7, 11) is 3.65. The van der Waals surface area contributed by atoms with E-state index in [9.17, 15) is 9.59 Å². The van der Waals surface area contributed by atoms with E-state index in [4.69, 9.17) is 10.00 Å². The fourth-order valence-corrected chi connectivity index (χ4v) is 3.73. The number of hydrogen-bond acceptors (Lipinski definition) is 10. The van der Waals surface area contributed by atoms with Gasteiger partial charge < -0.3 is 30.5 Å². The zero-order chi connectivity index (χ0) is 27.0. The summed E-state index contributed by atoms with van der Waals surface area (Å²) >= 11 is 0. The van der Waals surface area contributed by atoms with Crippen LogP contribution in [0.2, 0.25) is 0 Å². The number of piperidine rings is 1. The Kier molecular flexibility index (Phi) is 9.19. The second kappa shape index (κ2) is 12.3. The van der Waals surface area contributed by atoms with Gasteiger partial charge in [0.1, 0.15) is 23.3 Å². The Morgan fingerprint density at radius 1 is 1.11 bits per heavy atom. The molecule has 0 spiro atoms. The minimum atomic E-state index is -0.515. The molecule has 3 heterocycles. The van der Waals surface area contributed by atoms with Crippen LogP contribution in [0.1, 0.15) is 39.3 Å². The number of ether oxygens (including phenoxy) is 1. The third-order valence-electron chi connectivity index (χ3n) is 5.51. The van der Waals surface area contributed by atoms with E-state index >= 15 is 0 Å². The highest BCUT2D eigenvalue weighted by atomic mass is 16.6. The molecule has 1 fully saturated rings. The Hall–Kier alpha value is -3.98. The van der Waals surface area contributed by atoms with Crippen LogP contribution in [0.25, 0.3) is 0 Å². The van der Waals surface area contributed by atoms with Crippen LogP contribution in [0.5, 0.6) is 0 Å². The van der Waals surface area contributed by atoms with Crippen molar-refractivity contribution in [1.29, 1.82) is 5.26 Å². The number of nitrogens with zero attached hydrogens (tertiary/aromatic N) is 6. The molecule has 37 heavy (non-hydrogen) atoms. The monoisotopic (exact) mass is 509 g/mol. The zero-order valence-corrected chi connectivity index (χ0v) is 22.0. The van der Waals surface area contributed by atoms with Crippen LogP contribution < -0.4 is 16.0 Å². The quantitative estimate of drug-likeness (QED) is 0.485. The molecule has 12 heteroatoms. The minimum absolute atomic E-state index is 0.154. The SMILES string of the molecule is CN(C)CC(=O)Nc1cnc(Nc2cnc(C#N)cn2)cc1NCC1CCN(C(=O)OC(C)(C)C)CC1. The largest absolute Gasteiger partial charge is 0.444 e. The number of carbonyl (C=O) groups excluding carboxylic acids is 2. The van der Waals surface area contributed by atoms with Crippen LogP contribution in [0.4, 0.5) is 27.8 Å². The van der Waals surface area contributed by atoms with Gasteiger partial charge in [-0.15, -0.1) is 0 Å². The van der Waals surface area contributed by atoms with Crippen LogP contribution >= 0.6 is 0 Å². The predicted molar refractivity (Wildman–Crippen MR) is 140 cm³/mol. The fraction of sp³-hybridized carbons (Fsp3) is 0.520. The van der Waals surface area contributed by atoms with Crippen molar-refractivity contribution in [1.82, 2.24) is 24.8 Å². The molecular weight excluding hydrogens is 474 g/mol. The number of hydrogen-bond donors (Lipinski definition) is 3. The summed E-state index contributed by atoms with van der Waals surface area (Å²) in [6, 6.07) is 3.73. The number of likely N-dealkylation sites (N-methyl/N-ethyl adjacent to an activating group) is 1. The summed E-state index contributed by atoms with van der Waals surface area (Å²) in [6.45, 7) is 7.76. The van der Waals surface area contributed by atoms with Gasteiger partial charge in [0, 0.05) is 25.7 Å². The second-order valence-corrected chi connectivity index (χ2v) is 10.2. The standard InChI is InChI=1S/C25H35N9O3/c1-25(2,3)37-24(36)34-8-6-17(7-9-34)12-28-19-10-21(32-22-15-27-18(11-26)13-29-22)30-14-20(19)31-23(35)16-33(4)5/h10,13-15,17H,6-9,12,16H2,1-5H3,(H,31,35)(H2,28,29,30,32). The van der Waals surface area contributed by atoms with E-state index in [2.05, 4.69) is 30.9 Å². The van der Waals surface area contributed by atoms with E-state index in [1.54, 1.807) is 22.1 Å². The Bertz CT molecular complexity index is 1120. The predicted octanol–water partition coefficient (Wildman–Crippen LogP) is 3.05. The lowest BCUT2D eigenvalue weighted by Gasteiger charge is -2.33. The normalized spacial score (nSPS) is 14.1. The Labute approximate surface area is 217 Å². The van der Waals surface area contributed by atoms with Crippen LogP contribution in [0, 0.1) is 17.2 Å². The number of nitrogens with one attached hydrogen (secondary N) is 3. The van der Waals surface area contributed by atoms with Gasteiger partial charge >= 0.3 is 6.09 Å². The molecular formula is C25H35N9O3. The first kappa shape index (κ1) is 27.6. The van der Waals surface area contributed by atoms with Gasteiger partial charge in [-0.25, -0.2) is 19.7 Å². The van der Waals surface area contributed by atoms with Crippen molar-refractivity contribution in [3.63, 3.8) is 0 Å². The summed E-state index contributed by atoms with van der Waals surface area (Å²) in [4.78, 5) is 40.9. The smallest absolute Gasteiger partial charge is 0.410 e. The molecule has 12 nitrogen and oxygen atoms in total. The van der Waals surface area contributed by atoms with E-state index in [0.717, 1.165) is 12.8 Å².